The largest absolute Gasteiger partial charge is 0.369 e. The molecule has 1 saturated heterocycles. The molecule has 0 aliphatic carbocycles. The zero-order valence-electron chi connectivity index (χ0n) is 14.2. The number of anilines is 3. The van der Waals surface area contributed by atoms with Gasteiger partial charge in [-0.05, 0) is 31.3 Å². The highest BCUT2D eigenvalue weighted by Crippen LogP contribution is 2.29. The van der Waals surface area contributed by atoms with Gasteiger partial charge >= 0.3 is 0 Å². The van der Waals surface area contributed by atoms with Crippen molar-refractivity contribution in [1.29, 1.82) is 0 Å². The molecule has 1 N–H and O–H groups in total. The fraction of sp³-hybridized carbons (Fsp3) is 0.294. The first-order chi connectivity index (χ1) is 12.6. The van der Waals surface area contributed by atoms with Crippen LogP contribution in [0.1, 0.15) is 0 Å². The first kappa shape index (κ1) is 18.1. The van der Waals surface area contributed by atoms with Crippen molar-refractivity contribution in [2.24, 2.45) is 0 Å². The predicted molar refractivity (Wildman–Crippen MR) is 119 cm³/mol. The van der Waals surface area contributed by atoms with Crippen LogP contribution in [-0.2, 0) is 0 Å². The summed E-state index contributed by atoms with van der Waals surface area (Å²) in [6.07, 6.45) is 1.94. The average molecular weight is 501 g/mol. The Morgan fingerprint density at radius 2 is 1.96 bits per heavy atom. The Kier molecular flexibility index (Phi) is 5.44. The van der Waals surface area contributed by atoms with Crippen LogP contribution >= 0.6 is 41.9 Å². The minimum Gasteiger partial charge on any atom is -0.369 e. The van der Waals surface area contributed by atoms with Gasteiger partial charge in [-0.1, -0.05) is 17.7 Å². The van der Waals surface area contributed by atoms with Crippen LogP contribution in [0.3, 0.4) is 0 Å². The van der Waals surface area contributed by atoms with Crippen LogP contribution in [0.25, 0.3) is 11.0 Å². The van der Waals surface area contributed by atoms with Crippen LogP contribution in [0, 0.1) is 0 Å². The van der Waals surface area contributed by atoms with Crippen LogP contribution in [0.2, 0.25) is 5.15 Å². The summed E-state index contributed by atoms with van der Waals surface area (Å²) >= 11 is 8.56. The lowest BCUT2D eigenvalue weighted by molar-refractivity contribution is 0.313. The number of rotatable bonds is 4. The van der Waals surface area contributed by atoms with Crippen LogP contribution < -0.4 is 10.2 Å². The van der Waals surface area contributed by atoms with Gasteiger partial charge in [0, 0.05) is 74.1 Å². The smallest absolute Gasteiger partial charge is 0.230 e. The molecule has 0 unspecified atom stereocenters. The van der Waals surface area contributed by atoms with Gasteiger partial charge in [-0.2, -0.15) is 4.98 Å². The number of nitrogens with zero attached hydrogens (tertiary/aromatic N) is 5. The highest BCUT2D eigenvalue weighted by atomic mass is 127. The number of piperazine rings is 1. The van der Waals surface area contributed by atoms with Gasteiger partial charge < -0.3 is 15.1 Å². The third-order valence-electron chi connectivity index (χ3n) is 4.51. The quantitative estimate of drug-likeness (QED) is 0.423. The van der Waals surface area contributed by atoms with E-state index in [1.54, 1.807) is 9.12 Å². The summed E-state index contributed by atoms with van der Waals surface area (Å²) in [4.78, 5) is 13.8. The molecule has 3 aromatic rings. The summed E-state index contributed by atoms with van der Waals surface area (Å²) in [5.41, 5.74) is 2.97. The standard InChI is InChI=1S/C17H18ClIN6S/c1-23-7-9-24(10-8-23)13-4-2-3-12(11-13)20-17-21-15(18)14-5-6-25(26-19)16(14)22-17/h2-6,11H,7-10H2,1H3,(H,20,21,22). The molecule has 9 heteroatoms. The lowest BCUT2D eigenvalue weighted by atomic mass is 10.2. The van der Waals surface area contributed by atoms with Crippen LogP contribution in [0.4, 0.5) is 17.3 Å². The molecule has 2 aromatic heterocycles. The molecular formula is C17H18ClIN6S. The van der Waals surface area contributed by atoms with Gasteiger partial charge in [0.15, 0.2) is 5.65 Å². The normalized spacial score (nSPS) is 15.6. The lowest BCUT2D eigenvalue weighted by Crippen LogP contribution is -2.44. The first-order valence-corrected chi connectivity index (χ1v) is 12.0. The molecule has 1 aromatic carbocycles. The van der Waals surface area contributed by atoms with Crippen molar-refractivity contribution in [2.75, 3.05) is 43.4 Å². The minimum atomic E-state index is 0.455. The van der Waals surface area contributed by atoms with Gasteiger partial charge in [0.25, 0.3) is 0 Å². The second kappa shape index (κ2) is 7.79. The highest BCUT2D eigenvalue weighted by molar-refractivity contribution is 14.2. The summed E-state index contributed by atoms with van der Waals surface area (Å²) in [6.45, 7) is 4.24. The molecule has 4 rings (SSSR count). The average Bonchev–Trinajstić information content (AvgIpc) is 3.06. The third-order valence-corrected chi connectivity index (χ3v) is 6.51. The van der Waals surface area contributed by atoms with E-state index in [1.165, 1.54) is 5.69 Å². The van der Waals surface area contributed by atoms with E-state index >= 15 is 0 Å². The fourth-order valence-electron chi connectivity index (χ4n) is 3.04. The maximum absolute atomic E-state index is 6.34. The van der Waals surface area contributed by atoms with Crippen molar-refractivity contribution in [1.82, 2.24) is 18.8 Å². The van der Waals surface area contributed by atoms with Crippen LogP contribution in [0.5, 0.6) is 0 Å². The molecule has 26 heavy (non-hydrogen) atoms. The number of likely N-dealkylation sites (N-methyl/N-ethyl adjacent to an activating group) is 1. The van der Waals surface area contributed by atoms with E-state index in [1.807, 2.05) is 22.3 Å². The predicted octanol–water partition coefficient (Wildman–Crippen LogP) is 4.43. The highest BCUT2D eigenvalue weighted by Gasteiger charge is 2.15. The molecule has 0 amide bonds. The topological polar surface area (TPSA) is 49.2 Å². The van der Waals surface area contributed by atoms with E-state index in [9.17, 15) is 0 Å². The van der Waals surface area contributed by atoms with Crippen molar-refractivity contribution in [2.45, 2.75) is 0 Å². The SMILES string of the molecule is CN1CCN(c2cccc(Nc3nc(Cl)c4ccn(SI)c4n3)c2)CC1. The molecule has 0 spiro atoms. The van der Waals surface area contributed by atoms with Crippen molar-refractivity contribution < 1.29 is 0 Å². The maximum Gasteiger partial charge on any atom is 0.230 e. The van der Waals surface area contributed by atoms with E-state index in [-0.39, 0.29) is 0 Å². The second-order valence-corrected chi connectivity index (χ2v) is 8.32. The fourth-order valence-corrected chi connectivity index (χ4v) is 4.53. The van der Waals surface area contributed by atoms with Gasteiger partial charge in [0.1, 0.15) is 5.15 Å². The zero-order valence-corrected chi connectivity index (χ0v) is 17.9. The Morgan fingerprint density at radius 1 is 1.15 bits per heavy atom. The Hall–Kier alpha value is -1.23. The zero-order chi connectivity index (χ0) is 18.1. The van der Waals surface area contributed by atoms with Crippen molar-refractivity contribution in [3.63, 3.8) is 0 Å². The molecule has 0 saturated carbocycles. The number of fused-ring (bicyclic) bond motifs is 1. The summed E-state index contributed by atoms with van der Waals surface area (Å²) in [5.74, 6) is 0.503. The van der Waals surface area contributed by atoms with Crippen molar-refractivity contribution in [3.8, 4) is 0 Å². The Labute approximate surface area is 173 Å². The monoisotopic (exact) mass is 500 g/mol. The summed E-state index contributed by atoms with van der Waals surface area (Å²) < 4.78 is 1.97. The molecule has 0 bridgehead atoms. The molecule has 1 aliphatic heterocycles. The molecule has 0 atom stereocenters. The van der Waals surface area contributed by atoms with Gasteiger partial charge in [-0.25, -0.2) is 4.98 Å². The lowest BCUT2D eigenvalue weighted by Gasteiger charge is -2.34. The van der Waals surface area contributed by atoms with E-state index in [0.717, 1.165) is 42.9 Å². The molecule has 3 heterocycles. The van der Waals surface area contributed by atoms with E-state index in [4.69, 9.17) is 11.6 Å². The number of benzene rings is 1. The van der Waals surface area contributed by atoms with Crippen LogP contribution in [-0.4, -0.2) is 52.1 Å². The van der Waals surface area contributed by atoms with E-state index in [0.29, 0.717) is 11.1 Å². The first-order valence-electron chi connectivity index (χ1n) is 8.28. The molecule has 0 radical (unpaired) electrons. The Morgan fingerprint density at radius 3 is 2.73 bits per heavy atom. The van der Waals surface area contributed by atoms with Crippen molar-refractivity contribution in [3.05, 3.63) is 41.7 Å². The molecule has 1 fully saturated rings. The summed E-state index contributed by atoms with van der Waals surface area (Å²) in [5, 5.41) is 4.61. The Bertz CT molecular complexity index is 925. The van der Waals surface area contributed by atoms with E-state index in [2.05, 4.69) is 71.5 Å². The summed E-state index contributed by atoms with van der Waals surface area (Å²) in [7, 11) is 3.71. The third kappa shape index (κ3) is 3.73. The molecule has 6 nitrogen and oxygen atoms in total. The van der Waals surface area contributed by atoms with Crippen LogP contribution in [0.15, 0.2) is 36.5 Å². The summed E-state index contributed by atoms with van der Waals surface area (Å²) in [6, 6.07) is 10.3. The van der Waals surface area contributed by atoms with Gasteiger partial charge in [0.05, 0.1) is 5.39 Å². The van der Waals surface area contributed by atoms with Gasteiger partial charge in [-0.3, -0.25) is 3.97 Å². The molecular weight excluding hydrogens is 483 g/mol. The number of aromatic nitrogens is 3. The minimum absolute atomic E-state index is 0.455. The molecule has 136 valence electrons. The number of halogens is 2. The number of hydrogen-bond donors (Lipinski definition) is 1. The van der Waals surface area contributed by atoms with Crippen molar-refractivity contribution >= 4 is 70.3 Å². The Balaban J connectivity index is 1.59. The number of hydrogen-bond acceptors (Lipinski definition) is 6. The second-order valence-electron chi connectivity index (χ2n) is 6.25. The van der Waals surface area contributed by atoms with Gasteiger partial charge in [-0.15, -0.1) is 0 Å². The maximum atomic E-state index is 6.34. The van der Waals surface area contributed by atoms with E-state index < -0.39 is 0 Å². The van der Waals surface area contributed by atoms with Gasteiger partial charge in [0.2, 0.25) is 5.95 Å². The number of nitrogens with one attached hydrogen (secondary N) is 1. The molecule has 1 aliphatic rings.